The summed E-state index contributed by atoms with van der Waals surface area (Å²) < 4.78 is 7.10. The van der Waals surface area contributed by atoms with E-state index in [1.807, 2.05) is 11.6 Å². The molecule has 0 radical (unpaired) electrons. The van der Waals surface area contributed by atoms with Crippen LogP contribution in [0.2, 0.25) is 5.22 Å². The molecule has 20 heavy (non-hydrogen) atoms. The molecule has 0 atom stereocenters. The van der Waals surface area contributed by atoms with Crippen LogP contribution < -0.4 is 0 Å². The number of piperidine rings is 1. The highest BCUT2D eigenvalue weighted by Crippen LogP contribution is 2.27. The maximum Gasteiger partial charge on any atom is 0.289 e. The lowest BCUT2D eigenvalue weighted by molar-refractivity contribution is 0.0678. The van der Waals surface area contributed by atoms with Gasteiger partial charge in [0.2, 0.25) is 0 Å². The Kier molecular flexibility index (Phi) is 3.48. The first-order valence-electron chi connectivity index (χ1n) is 6.53. The number of nitrogens with zero attached hydrogens (tertiary/aromatic N) is 4. The summed E-state index contributed by atoms with van der Waals surface area (Å²) in [7, 11) is 1.94. The lowest BCUT2D eigenvalue weighted by atomic mass is 9.96. The minimum atomic E-state index is -0.103. The molecule has 0 aliphatic carbocycles. The minimum Gasteiger partial charge on any atom is -0.440 e. The molecule has 106 valence electrons. The van der Waals surface area contributed by atoms with Crippen LogP contribution in [0.3, 0.4) is 0 Å². The smallest absolute Gasteiger partial charge is 0.289 e. The standard InChI is InChI=1S/C13H15ClN4O2/c1-17-8-15-16-12(17)9-4-6-18(7-5-9)13(19)10-2-3-11(14)20-10/h2-3,8-9H,4-7H2,1H3. The summed E-state index contributed by atoms with van der Waals surface area (Å²) in [5.41, 5.74) is 0. The third kappa shape index (κ3) is 2.43. The van der Waals surface area contributed by atoms with E-state index in [9.17, 15) is 4.79 Å². The van der Waals surface area contributed by atoms with E-state index in [4.69, 9.17) is 16.0 Å². The Balaban J connectivity index is 1.64. The van der Waals surface area contributed by atoms with Crippen molar-refractivity contribution in [2.24, 2.45) is 7.05 Å². The topological polar surface area (TPSA) is 64.2 Å². The van der Waals surface area contributed by atoms with E-state index >= 15 is 0 Å². The Morgan fingerprint density at radius 1 is 1.40 bits per heavy atom. The van der Waals surface area contributed by atoms with Crippen LogP contribution in [0.4, 0.5) is 0 Å². The fourth-order valence-electron chi connectivity index (χ4n) is 2.59. The summed E-state index contributed by atoms with van der Waals surface area (Å²) in [6, 6.07) is 3.19. The summed E-state index contributed by atoms with van der Waals surface area (Å²) in [6.07, 6.45) is 3.47. The number of hydrogen-bond acceptors (Lipinski definition) is 4. The summed E-state index contributed by atoms with van der Waals surface area (Å²) in [6.45, 7) is 1.38. The Hall–Kier alpha value is -1.82. The van der Waals surface area contributed by atoms with Gasteiger partial charge in [-0.15, -0.1) is 10.2 Å². The van der Waals surface area contributed by atoms with Crippen molar-refractivity contribution in [3.63, 3.8) is 0 Å². The zero-order valence-corrected chi connectivity index (χ0v) is 11.9. The molecule has 1 amide bonds. The molecule has 0 bridgehead atoms. The summed E-state index contributed by atoms with van der Waals surface area (Å²) in [5, 5.41) is 8.29. The van der Waals surface area contributed by atoms with Crippen molar-refractivity contribution in [1.82, 2.24) is 19.7 Å². The van der Waals surface area contributed by atoms with Crippen molar-refractivity contribution < 1.29 is 9.21 Å². The average Bonchev–Trinajstić information content (AvgIpc) is 3.07. The third-order valence-electron chi connectivity index (χ3n) is 3.68. The lowest BCUT2D eigenvalue weighted by Crippen LogP contribution is -2.38. The van der Waals surface area contributed by atoms with E-state index in [-0.39, 0.29) is 11.1 Å². The monoisotopic (exact) mass is 294 g/mol. The van der Waals surface area contributed by atoms with Gasteiger partial charge in [0.25, 0.3) is 5.91 Å². The van der Waals surface area contributed by atoms with Crippen LogP contribution in [0.15, 0.2) is 22.9 Å². The van der Waals surface area contributed by atoms with Gasteiger partial charge in [-0.3, -0.25) is 4.79 Å². The number of carbonyl (C=O) groups excluding carboxylic acids is 1. The summed E-state index contributed by atoms with van der Waals surface area (Å²) in [5.74, 6) is 1.53. The second kappa shape index (κ2) is 5.28. The van der Waals surface area contributed by atoms with Gasteiger partial charge >= 0.3 is 0 Å². The van der Waals surface area contributed by atoms with Gasteiger partial charge in [-0.05, 0) is 36.6 Å². The van der Waals surface area contributed by atoms with Crippen molar-refractivity contribution in [2.45, 2.75) is 18.8 Å². The second-order valence-electron chi connectivity index (χ2n) is 4.97. The number of furan rings is 1. The number of rotatable bonds is 2. The molecular formula is C13H15ClN4O2. The number of amides is 1. The minimum absolute atomic E-state index is 0.103. The van der Waals surface area contributed by atoms with E-state index in [1.165, 1.54) is 0 Å². The first-order valence-corrected chi connectivity index (χ1v) is 6.91. The van der Waals surface area contributed by atoms with E-state index in [0.717, 1.165) is 18.7 Å². The molecule has 0 aromatic carbocycles. The molecular weight excluding hydrogens is 280 g/mol. The van der Waals surface area contributed by atoms with Gasteiger partial charge in [-0.2, -0.15) is 0 Å². The van der Waals surface area contributed by atoms with Gasteiger partial charge in [0.1, 0.15) is 12.2 Å². The van der Waals surface area contributed by atoms with Crippen LogP contribution in [-0.2, 0) is 7.05 Å². The molecule has 7 heteroatoms. The Labute approximate surface area is 121 Å². The highest BCUT2D eigenvalue weighted by Gasteiger charge is 2.28. The molecule has 0 spiro atoms. The van der Waals surface area contributed by atoms with Crippen molar-refractivity contribution in [3.05, 3.63) is 35.3 Å². The Morgan fingerprint density at radius 2 is 2.15 bits per heavy atom. The zero-order chi connectivity index (χ0) is 14.1. The fourth-order valence-corrected chi connectivity index (χ4v) is 2.73. The SMILES string of the molecule is Cn1cnnc1C1CCN(C(=O)c2ccc(Cl)o2)CC1. The average molecular weight is 295 g/mol. The molecule has 1 saturated heterocycles. The molecule has 0 unspecified atom stereocenters. The quantitative estimate of drug-likeness (QED) is 0.850. The number of likely N-dealkylation sites (tertiary alicyclic amines) is 1. The van der Waals surface area contributed by atoms with Crippen molar-refractivity contribution >= 4 is 17.5 Å². The molecule has 6 nitrogen and oxygen atoms in total. The van der Waals surface area contributed by atoms with Gasteiger partial charge in [0.15, 0.2) is 11.0 Å². The van der Waals surface area contributed by atoms with Crippen molar-refractivity contribution in [3.8, 4) is 0 Å². The van der Waals surface area contributed by atoms with Crippen LogP contribution in [0.1, 0.15) is 35.1 Å². The predicted molar refractivity (Wildman–Crippen MR) is 72.6 cm³/mol. The fraction of sp³-hybridized carbons (Fsp3) is 0.462. The molecule has 0 N–H and O–H groups in total. The van der Waals surface area contributed by atoms with E-state index in [0.29, 0.717) is 24.8 Å². The van der Waals surface area contributed by atoms with Gasteiger partial charge < -0.3 is 13.9 Å². The van der Waals surface area contributed by atoms with Gasteiger partial charge in [-0.25, -0.2) is 0 Å². The number of aromatic nitrogens is 3. The first kappa shape index (κ1) is 13.2. The number of aryl methyl sites for hydroxylation is 1. The number of hydrogen-bond donors (Lipinski definition) is 0. The molecule has 2 aromatic heterocycles. The molecule has 1 aliphatic rings. The largest absolute Gasteiger partial charge is 0.440 e. The normalized spacial score (nSPS) is 16.6. The van der Waals surface area contributed by atoms with Crippen LogP contribution in [0.5, 0.6) is 0 Å². The molecule has 3 rings (SSSR count). The van der Waals surface area contributed by atoms with Crippen LogP contribution in [-0.4, -0.2) is 38.7 Å². The molecule has 2 aromatic rings. The van der Waals surface area contributed by atoms with E-state index in [2.05, 4.69) is 10.2 Å². The molecule has 1 aliphatic heterocycles. The van der Waals surface area contributed by atoms with Crippen LogP contribution in [0, 0.1) is 0 Å². The Morgan fingerprint density at radius 3 is 2.70 bits per heavy atom. The maximum atomic E-state index is 12.2. The lowest BCUT2D eigenvalue weighted by Gasteiger charge is -2.30. The highest BCUT2D eigenvalue weighted by atomic mass is 35.5. The Bertz CT molecular complexity index is 613. The number of halogens is 1. The number of carbonyl (C=O) groups is 1. The van der Waals surface area contributed by atoms with Gasteiger partial charge in [0.05, 0.1) is 0 Å². The van der Waals surface area contributed by atoms with Gasteiger partial charge in [0, 0.05) is 26.1 Å². The molecule has 3 heterocycles. The third-order valence-corrected chi connectivity index (χ3v) is 3.88. The van der Waals surface area contributed by atoms with Crippen LogP contribution >= 0.6 is 11.6 Å². The summed E-state index contributed by atoms with van der Waals surface area (Å²) in [4.78, 5) is 14.0. The maximum absolute atomic E-state index is 12.2. The van der Waals surface area contributed by atoms with E-state index < -0.39 is 0 Å². The van der Waals surface area contributed by atoms with E-state index in [1.54, 1.807) is 23.4 Å². The van der Waals surface area contributed by atoms with Crippen LogP contribution in [0.25, 0.3) is 0 Å². The van der Waals surface area contributed by atoms with Gasteiger partial charge in [-0.1, -0.05) is 0 Å². The predicted octanol–water partition coefficient (Wildman–Crippen LogP) is 2.08. The van der Waals surface area contributed by atoms with Crippen molar-refractivity contribution in [1.29, 1.82) is 0 Å². The van der Waals surface area contributed by atoms with Crippen molar-refractivity contribution in [2.75, 3.05) is 13.1 Å². The molecule has 1 fully saturated rings. The molecule has 0 saturated carbocycles. The highest BCUT2D eigenvalue weighted by molar-refractivity contribution is 6.29. The second-order valence-corrected chi connectivity index (χ2v) is 5.34. The summed E-state index contributed by atoms with van der Waals surface area (Å²) >= 11 is 5.70. The zero-order valence-electron chi connectivity index (χ0n) is 11.1. The first-order chi connectivity index (χ1) is 9.65.